The minimum Gasteiger partial charge on any atom is -0.342 e. The van der Waals surface area contributed by atoms with Crippen molar-refractivity contribution < 1.29 is 9.59 Å². The van der Waals surface area contributed by atoms with Crippen LogP contribution in [0.2, 0.25) is 0 Å². The largest absolute Gasteiger partial charge is 0.342 e. The van der Waals surface area contributed by atoms with E-state index in [2.05, 4.69) is 28.8 Å². The predicted octanol–water partition coefficient (Wildman–Crippen LogP) is 4.81. The maximum Gasteiger partial charge on any atom is 0.261 e. The van der Waals surface area contributed by atoms with Crippen LogP contribution in [0, 0.1) is 20.8 Å². The van der Waals surface area contributed by atoms with Gasteiger partial charge in [0.1, 0.15) is 0 Å². The maximum atomic E-state index is 12.6. The maximum absolute atomic E-state index is 12.6. The molecule has 0 saturated heterocycles. The van der Waals surface area contributed by atoms with Gasteiger partial charge in [-0.05, 0) is 67.5 Å². The van der Waals surface area contributed by atoms with Crippen molar-refractivity contribution in [3.63, 3.8) is 0 Å². The molecule has 2 N–H and O–H groups in total. The van der Waals surface area contributed by atoms with Crippen LogP contribution < -0.4 is 10.6 Å². The normalized spacial score (nSPS) is 12.1. The van der Waals surface area contributed by atoms with Crippen LogP contribution in [0.1, 0.15) is 37.5 Å². The number of anilines is 1. The Kier molecular flexibility index (Phi) is 5.24. The highest BCUT2D eigenvalue weighted by atomic mass is 32.1. The molecule has 1 aliphatic carbocycles. The molecule has 0 radical (unpaired) electrons. The molecule has 148 valence electrons. The summed E-state index contributed by atoms with van der Waals surface area (Å²) in [6.45, 7) is 5.93. The molecule has 0 spiro atoms. The highest BCUT2D eigenvalue weighted by molar-refractivity contribution is 7.17. The molecule has 2 amide bonds. The van der Waals surface area contributed by atoms with Crippen molar-refractivity contribution in [1.29, 1.82) is 0 Å². The monoisotopic (exact) mass is 404 g/mol. The van der Waals surface area contributed by atoms with Crippen LogP contribution in [0.4, 0.5) is 5.69 Å². The minimum atomic E-state index is -0.222. The molecule has 4 nitrogen and oxygen atoms in total. The fourth-order valence-electron chi connectivity index (χ4n) is 3.99. The van der Waals surface area contributed by atoms with Gasteiger partial charge in [0.2, 0.25) is 5.91 Å². The number of aryl methyl sites for hydroxylation is 5. The van der Waals surface area contributed by atoms with E-state index in [-0.39, 0.29) is 18.4 Å². The molecule has 0 fully saturated rings. The molecule has 0 bridgehead atoms. The molecule has 2 aromatic carbocycles. The van der Waals surface area contributed by atoms with E-state index < -0.39 is 0 Å². The smallest absolute Gasteiger partial charge is 0.261 e. The number of nitrogens with one attached hydrogen (secondary N) is 2. The van der Waals surface area contributed by atoms with Gasteiger partial charge in [-0.1, -0.05) is 42.0 Å². The van der Waals surface area contributed by atoms with Crippen LogP contribution in [0.5, 0.6) is 0 Å². The molecule has 0 unspecified atom stereocenters. The number of fused-ring (bicyclic) bond motifs is 3. The third kappa shape index (κ3) is 3.96. The van der Waals surface area contributed by atoms with E-state index >= 15 is 0 Å². The summed E-state index contributed by atoms with van der Waals surface area (Å²) in [6.07, 6.45) is 1.95. The summed E-state index contributed by atoms with van der Waals surface area (Å²) >= 11 is 1.50. The molecule has 1 aromatic heterocycles. The highest BCUT2D eigenvalue weighted by Crippen LogP contribution is 2.39. The molecular formula is C24H24N2O2S. The number of amides is 2. The number of rotatable bonds is 4. The Labute approximate surface area is 175 Å². The zero-order valence-corrected chi connectivity index (χ0v) is 17.7. The molecule has 3 aromatic rings. The standard InChI is InChI=1S/C24H24N2O2S/c1-14-10-15(2)22(16(3)11-14)26-21(27)13-25-24(28)20-12-18-9-8-17-6-4-5-7-19(17)23(18)29-20/h4-7,10-12H,8-9,13H2,1-3H3,(H,25,28)(H,26,27). The topological polar surface area (TPSA) is 58.2 Å². The molecule has 5 heteroatoms. The number of hydrogen-bond donors (Lipinski definition) is 2. The van der Waals surface area contributed by atoms with Crippen LogP contribution >= 0.6 is 11.3 Å². The third-order valence-electron chi connectivity index (χ3n) is 5.31. The first-order valence-corrected chi connectivity index (χ1v) is 10.6. The molecular weight excluding hydrogens is 380 g/mol. The number of carbonyl (C=O) groups is 2. The lowest BCUT2D eigenvalue weighted by atomic mass is 9.91. The SMILES string of the molecule is Cc1cc(C)c(NC(=O)CNC(=O)c2cc3c(s2)-c2ccccc2CC3)c(C)c1. The van der Waals surface area contributed by atoms with Gasteiger partial charge in [0.05, 0.1) is 11.4 Å². The van der Waals surface area contributed by atoms with E-state index in [9.17, 15) is 9.59 Å². The Hall–Kier alpha value is -2.92. The first-order chi connectivity index (χ1) is 13.9. The Morgan fingerprint density at radius 2 is 1.66 bits per heavy atom. The van der Waals surface area contributed by atoms with Crippen LogP contribution in [0.15, 0.2) is 42.5 Å². The van der Waals surface area contributed by atoms with E-state index in [1.807, 2.05) is 45.0 Å². The van der Waals surface area contributed by atoms with Gasteiger partial charge in [-0.25, -0.2) is 0 Å². The van der Waals surface area contributed by atoms with Crippen LogP contribution in [0.3, 0.4) is 0 Å². The second-order valence-electron chi connectivity index (χ2n) is 7.63. The van der Waals surface area contributed by atoms with Gasteiger partial charge in [0, 0.05) is 10.6 Å². The Morgan fingerprint density at radius 3 is 2.41 bits per heavy atom. The Balaban J connectivity index is 1.42. The van der Waals surface area contributed by atoms with Crippen molar-refractivity contribution in [2.24, 2.45) is 0 Å². The quantitative estimate of drug-likeness (QED) is 0.656. The second-order valence-corrected chi connectivity index (χ2v) is 8.68. The molecule has 0 saturated carbocycles. The summed E-state index contributed by atoms with van der Waals surface area (Å²) in [4.78, 5) is 26.8. The number of benzene rings is 2. The van der Waals surface area contributed by atoms with Crippen molar-refractivity contribution in [3.05, 3.63) is 75.2 Å². The summed E-state index contributed by atoms with van der Waals surface area (Å²) in [6, 6.07) is 14.4. The van der Waals surface area contributed by atoms with E-state index in [1.165, 1.54) is 32.9 Å². The fraction of sp³-hybridized carbons (Fsp3) is 0.250. The van der Waals surface area contributed by atoms with Crippen molar-refractivity contribution >= 4 is 28.8 Å². The molecule has 4 rings (SSSR count). The average molecular weight is 405 g/mol. The molecule has 0 aliphatic heterocycles. The average Bonchev–Trinajstić information content (AvgIpc) is 3.14. The number of carbonyl (C=O) groups excluding carboxylic acids is 2. The lowest BCUT2D eigenvalue weighted by Crippen LogP contribution is -2.32. The van der Waals surface area contributed by atoms with Crippen LogP contribution in [0.25, 0.3) is 10.4 Å². The first kappa shape index (κ1) is 19.4. The Bertz CT molecular complexity index is 1090. The first-order valence-electron chi connectivity index (χ1n) is 9.79. The number of thiophene rings is 1. The van der Waals surface area contributed by atoms with Crippen LogP contribution in [-0.4, -0.2) is 18.4 Å². The summed E-state index contributed by atoms with van der Waals surface area (Å²) < 4.78 is 0. The van der Waals surface area contributed by atoms with Gasteiger partial charge < -0.3 is 10.6 Å². The number of hydrogen-bond acceptors (Lipinski definition) is 3. The molecule has 1 heterocycles. The second kappa shape index (κ2) is 7.84. The van der Waals surface area contributed by atoms with Gasteiger partial charge in [0.15, 0.2) is 0 Å². The van der Waals surface area contributed by atoms with Crippen molar-refractivity contribution in [2.45, 2.75) is 33.6 Å². The lowest BCUT2D eigenvalue weighted by molar-refractivity contribution is -0.115. The summed E-state index contributed by atoms with van der Waals surface area (Å²) in [5.74, 6) is -0.422. The van der Waals surface area contributed by atoms with E-state index in [0.29, 0.717) is 4.88 Å². The van der Waals surface area contributed by atoms with E-state index in [0.717, 1.165) is 35.2 Å². The van der Waals surface area contributed by atoms with Gasteiger partial charge in [-0.15, -0.1) is 11.3 Å². The lowest BCUT2D eigenvalue weighted by Gasteiger charge is -2.15. The van der Waals surface area contributed by atoms with Gasteiger partial charge in [0.25, 0.3) is 5.91 Å². The van der Waals surface area contributed by atoms with Gasteiger partial charge in [-0.2, -0.15) is 0 Å². The predicted molar refractivity (Wildman–Crippen MR) is 119 cm³/mol. The molecule has 29 heavy (non-hydrogen) atoms. The zero-order chi connectivity index (χ0) is 20.5. The highest BCUT2D eigenvalue weighted by Gasteiger charge is 2.21. The van der Waals surface area contributed by atoms with Gasteiger partial charge in [-0.3, -0.25) is 9.59 Å². The van der Waals surface area contributed by atoms with E-state index in [4.69, 9.17) is 0 Å². The zero-order valence-electron chi connectivity index (χ0n) is 16.9. The molecule has 1 aliphatic rings. The Morgan fingerprint density at radius 1 is 0.966 bits per heavy atom. The fourth-order valence-corrected chi connectivity index (χ4v) is 5.18. The van der Waals surface area contributed by atoms with Crippen molar-refractivity contribution in [1.82, 2.24) is 5.32 Å². The summed E-state index contributed by atoms with van der Waals surface area (Å²) in [5, 5.41) is 5.69. The summed E-state index contributed by atoms with van der Waals surface area (Å²) in [7, 11) is 0. The molecule has 0 atom stereocenters. The third-order valence-corrected chi connectivity index (χ3v) is 6.52. The minimum absolute atomic E-state index is 0.0508. The van der Waals surface area contributed by atoms with Gasteiger partial charge >= 0.3 is 0 Å². The van der Waals surface area contributed by atoms with Crippen LogP contribution in [-0.2, 0) is 17.6 Å². The van der Waals surface area contributed by atoms with E-state index in [1.54, 1.807) is 0 Å². The van der Waals surface area contributed by atoms with Crippen molar-refractivity contribution in [2.75, 3.05) is 11.9 Å². The summed E-state index contributed by atoms with van der Waals surface area (Å²) in [5.41, 5.74) is 7.79. The van der Waals surface area contributed by atoms with Crippen molar-refractivity contribution in [3.8, 4) is 10.4 Å².